The molecule has 0 radical (unpaired) electrons. The summed E-state index contributed by atoms with van der Waals surface area (Å²) < 4.78 is 5.56. The third kappa shape index (κ3) is 8.32. The molecule has 5 nitrogen and oxygen atoms in total. The predicted octanol–water partition coefficient (Wildman–Crippen LogP) is 1.95. The van der Waals surface area contributed by atoms with Crippen molar-refractivity contribution < 1.29 is 9.53 Å². The predicted molar refractivity (Wildman–Crippen MR) is 86.9 cm³/mol. The molecule has 0 spiro atoms. The molecule has 0 saturated heterocycles. The first-order valence-corrected chi connectivity index (χ1v) is 7.39. The SMILES string of the molecule is CC(C)Oc1ccc(NC(=O)CNCCCN(C)C)cc1. The molecule has 0 unspecified atom stereocenters. The lowest BCUT2D eigenvalue weighted by Crippen LogP contribution is -2.30. The van der Waals surface area contributed by atoms with Crippen molar-refractivity contribution in [2.75, 3.05) is 39.0 Å². The normalized spacial score (nSPS) is 11.0. The average molecular weight is 293 g/mol. The lowest BCUT2D eigenvalue weighted by Gasteiger charge is -2.11. The van der Waals surface area contributed by atoms with Gasteiger partial charge in [-0.1, -0.05) is 0 Å². The Hall–Kier alpha value is -1.59. The number of hydrogen-bond acceptors (Lipinski definition) is 4. The van der Waals surface area contributed by atoms with Gasteiger partial charge in [-0.3, -0.25) is 4.79 Å². The molecule has 0 aliphatic heterocycles. The Morgan fingerprint density at radius 1 is 1.24 bits per heavy atom. The highest BCUT2D eigenvalue weighted by Gasteiger charge is 2.03. The first-order chi connectivity index (χ1) is 9.97. The maximum absolute atomic E-state index is 11.8. The summed E-state index contributed by atoms with van der Waals surface area (Å²) in [5.41, 5.74) is 0.784. The topological polar surface area (TPSA) is 53.6 Å². The van der Waals surface area contributed by atoms with Crippen LogP contribution in [0.4, 0.5) is 5.69 Å². The van der Waals surface area contributed by atoms with Gasteiger partial charge in [0.05, 0.1) is 12.6 Å². The van der Waals surface area contributed by atoms with E-state index in [0.29, 0.717) is 6.54 Å². The molecule has 2 N–H and O–H groups in total. The Kier molecular flexibility index (Phi) is 7.79. The van der Waals surface area contributed by atoms with E-state index >= 15 is 0 Å². The quantitative estimate of drug-likeness (QED) is 0.683. The monoisotopic (exact) mass is 293 g/mol. The van der Waals surface area contributed by atoms with Crippen molar-refractivity contribution in [1.29, 1.82) is 0 Å². The summed E-state index contributed by atoms with van der Waals surface area (Å²) in [6, 6.07) is 7.42. The van der Waals surface area contributed by atoms with E-state index in [4.69, 9.17) is 4.74 Å². The minimum atomic E-state index is -0.0302. The zero-order valence-corrected chi connectivity index (χ0v) is 13.5. The highest BCUT2D eigenvalue weighted by molar-refractivity contribution is 5.92. The van der Waals surface area contributed by atoms with Crippen LogP contribution in [-0.2, 0) is 4.79 Å². The van der Waals surface area contributed by atoms with Crippen molar-refractivity contribution in [3.05, 3.63) is 24.3 Å². The molecule has 118 valence electrons. The number of amides is 1. The van der Waals surface area contributed by atoms with Crippen molar-refractivity contribution in [3.63, 3.8) is 0 Å². The molecular formula is C16H27N3O2. The fourth-order valence-corrected chi connectivity index (χ4v) is 1.82. The maximum atomic E-state index is 11.8. The molecule has 5 heteroatoms. The van der Waals surface area contributed by atoms with Crippen LogP contribution in [0.3, 0.4) is 0 Å². The van der Waals surface area contributed by atoms with E-state index in [0.717, 1.165) is 30.9 Å². The number of hydrogen-bond donors (Lipinski definition) is 2. The minimum Gasteiger partial charge on any atom is -0.491 e. The molecule has 1 aromatic rings. The molecule has 0 bridgehead atoms. The van der Waals surface area contributed by atoms with Gasteiger partial charge in [0.15, 0.2) is 0 Å². The molecular weight excluding hydrogens is 266 g/mol. The number of carbonyl (C=O) groups excluding carboxylic acids is 1. The number of carbonyl (C=O) groups is 1. The van der Waals surface area contributed by atoms with E-state index in [1.165, 1.54) is 0 Å². The molecule has 21 heavy (non-hydrogen) atoms. The van der Waals surface area contributed by atoms with Crippen LogP contribution in [0.25, 0.3) is 0 Å². The Balaban J connectivity index is 2.25. The Bertz CT molecular complexity index is 416. The highest BCUT2D eigenvalue weighted by atomic mass is 16.5. The van der Waals surface area contributed by atoms with Gasteiger partial charge in [0.2, 0.25) is 5.91 Å². The van der Waals surface area contributed by atoms with E-state index < -0.39 is 0 Å². The van der Waals surface area contributed by atoms with E-state index in [9.17, 15) is 4.79 Å². The second-order valence-electron chi connectivity index (χ2n) is 5.57. The molecule has 1 aromatic carbocycles. The van der Waals surface area contributed by atoms with Gasteiger partial charge in [-0.25, -0.2) is 0 Å². The average Bonchev–Trinajstić information content (AvgIpc) is 2.39. The van der Waals surface area contributed by atoms with Crippen LogP contribution < -0.4 is 15.4 Å². The van der Waals surface area contributed by atoms with Gasteiger partial charge in [0.25, 0.3) is 0 Å². The second kappa shape index (κ2) is 9.37. The van der Waals surface area contributed by atoms with Gasteiger partial charge >= 0.3 is 0 Å². The molecule has 0 aliphatic carbocycles. The van der Waals surface area contributed by atoms with Gasteiger partial charge in [0, 0.05) is 5.69 Å². The lowest BCUT2D eigenvalue weighted by molar-refractivity contribution is -0.115. The molecule has 0 aromatic heterocycles. The molecule has 0 fully saturated rings. The number of benzene rings is 1. The molecule has 0 atom stereocenters. The van der Waals surface area contributed by atoms with Gasteiger partial charge in [-0.2, -0.15) is 0 Å². The van der Waals surface area contributed by atoms with Crippen molar-refractivity contribution in [1.82, 2.24) is 10.2 Å². The van der Waals surface area contributed by atoms with Crippen LogP contribution in [0.1, 0.15) is 20.3 Å². The summed E-state index contributed by atoms with van der Waals surface area (Å²) in [6.07, 6.45) is 1.18. The number of nitrogens with one attached hydrogen (secondary N) is 2. The van der Waals surface area contributed by atoms with Crippen molar-refractivity contribution in [2.24, 2.45) is 0 Å². The standard InChI is InChI=1S/C16H27N3O2/c1-13(2)21-15-8-6-14(7-9-15)18-16(20)12-17-10-5-11-19(3)4/h6-9,13,17H,5,10-12H2,1-4H3,(H,18,20). The fraction of sp³-hybridized carbons (Fsp3) is 0.562. The first-order valence-electron chi connectivity index (χ1n) is 7.39. The smallest absolute Gasteiger partial charge is 0.238 e. The van der Waals surface area contributed by atoms with Crippen LogP contribution >= 0.6 is 0 Å². The Labute approximate surface area is 127 Å². The van der Waals surface area contributed by atoms with Gasteiger partial charge < -0.3 is 20.3 Å². The third-order valence-electron chi connectivity index (χ3n) is 2.75. The molecule has 0 saturated carbocycles. The summed E-state index contributed by atoms with van der Waals surface area (Å²) in [5, 5.41) is 5.99. The molecule has 1 amide bonds. The second-order valence-corrected chi connectivity index (χ2v) is 5.57. The van der Waals surface area contributed by atoms with Crippen molar-refractivity contribution in [2.45, 2.75) is 26.4 Å². The zero-order valence-electron chi connectivity index (χ0n) is 13.5. The van der Waals surface area contributed by atoms with Crippen LogP contribution in [0.15, 0.2) is 24.3 Å². The Morgan fingerprint density at radius 3 is 2.48 bits per heavy atom. The number of ether oxygens (including phenoxy) is 1. The summed E-state index contributed by atoms with van der Waals surface area (Å²) in [4.78, 5) is 13.9. The van der Waals surface area contributed by atoms with E-state index in [1.54, 1.807) is 0 Å². The van der Waals surface area contributed by atoms with E-state index in [-0.39, 0.29) is 12.0 Å². The number of nitrogens with zero attached hydrogens (tertiary/aromatic N) is 1. The summed E-state index contributed by atoms with van der Waals surface area (Å²) in [5.74, 6) is 0.780. The highest BCUT2D eigenvalue weighted by Crippen LogP contribution is 2.16. The van der Waals surface area contributed by atoms with Crippen LogP contribution in [-0.4, -0.2) is 50.6 Å². The van der Waals surface area contributed by atoms with E-state index in [1.807, 2.05) is 52.2 Å². The van der Waals surface area contributed by atoms with E-state index in [2.05, 4.69) is 15.5 Å². The third-order valence-corrected chi connectivity index (χ3v) is 2.75. The van der Waals surface area contributed by atoms with Crippen molar-refractivity contribution in [3.8, 4) is 5.75 Å². The van der Waals surface area contributed by atoms with Crippen LogP contribution in [0.5, 0.6) is 5.75 Å². The first kappa shape index (κ1) is 17.5. The zero-order chi connectivity index (χ0) is 15.7. The summed E-state index contributed by atoms with van der Waals surface area (Å²) in [7, 11) is 4.08. The van der Waals surface area contributed by atoms with Crippen LogP contribution in [0, 0.1) is 0 Å². The fourth-order valence-electron chi connectivity index (χ4n) is 1.82. The minimum absolute atomic E-state index is 0.0302. The van der Waals surface area contributed by atoms with Gasteiger partial charge in [0.1, 0.15) is 5.75 Å². The number of rotatable bonds is 9. The number of anilines is 1. The summed E-state index contributed by atoms with van der Waals surface area (Å²) >= 11 is 0. The molecule has 0 heterocycles. The maximum Gasteiger partial charge on any atom is 0.238 e. The molecule has 1 rings (SSSR count). The largest absolute Gasteiger partial charge is 0.491 e. The van der Waals surface area contributed by atoms with Crippen LogP contribution in [0.2, 0.25) is 0 Å². The lowest BCUT2D eigenvalue weighted by atomic mass is 10.3. The summed E-state index contributed by atoms with van der Waals surface area (Å²) in [6.45, 7) is 6.16. The molecule has 0 aliphatic rings. The van der Waals surface area contributed by atoms with Gasteiger partial charge in [-0.15, -0.1) is 0 Å². The van der Waals surface area contributed by atoms with Gasteiger partial charge in [-0.05, 0) is 71.7 Å². The van der Waals surface area contributed by atoms with Crippen molar-refractivity contribution >= 4 is 11.6 Å². The Morgan fingerprint density at radius 2 is 1.90 bits per heavy atom.